The molecule has 1 aliphatic carbocycles. The average molecular weight is 194 g/mol. The summed E-state index contributed by atoms with van der Waals surface area (Å²) in [5.41, 5.74) is 6.99. The van der Waals surface area contributed by atoms with Gasteiger partial charge >= 0.3 is 0 Å². The monoisotopic (exact) mass is 194 g/mol. The van der Waals surface area contributed by atoms with Crippen LogP contribution >= 0.6 is 0 Å². The van der Waals surface area contributed by atoms with Crippen LogP contribution in [0.5, 0.6) is 0 Å². The van der Waals surface area contributed by atoms with Crippen molar-refractivity contribution in [3.8, 4) is 0 Å². The lowest BCUT2D eigenvalue weighted by Gasteiger charge is -2.35. The Kier molecular flexibility index (Phi) is 2.82. The zero-order valence-electron chi connectivity index (χ0n) is 8.69. The molecule has 2 rings (SSSR count). The number of hydrogen-bond donors (Lipinski definition) is 1. The first-order chi connectivity index (χ1) is 6.86. The second-order valence-corrected chi connectivity index (χ2v) is 4.06. The maximum Gasteiger partial charge on any atom is 0.0728 e. The second-order valence-electron chi connectivity index (χ2n) is 4.06. The van der Waals surface area contributed by atoms with Gasteiger partial charge in [0.2, 0.25) is 0 Å². The van der Waals surface area contributed by atoms with Gasteiger partial charge in [-0.1, -0.05) is 12.1 Å². The third-order valence-corrected chi connectivity index (χ3v) is 3.18. The highest BCUT2D eigenvalue weighted by Crippen LogP contribution is 2.41. The second kappa shape index (κ2) is 4.09. The van der Waals surface area contributed by atoms with Gasteiger partial charge in [-0.05, 0) is 31.7 Å². The third-order valence-electron chi connectivity index (χ3n) is 3.18. The molecule has 0 aliphatic heterocycles. The maximum atomic E-state index is 5.70. The average Bonchev–Trinajstić information content (AvgIpc) is 2.53. The van der Waals surface area contributed by atoms with Crippen LogP contribution in [0, 0.1) is 5.92 Å². The largest absolute Gasteiger partial charge is 0.330 e. The van der Waals surface area contributed by atoms with Crippen LogP contribution in [0.15, 0.2) is 6.20 Å². The topological polar surface area (TPSA) is 56.7 Å². The smallest absolute Gasteiger partial charge is 0.0728 e. The minimum absolute atomic E-state index is 0.613. The molecule has 1 aromatic rings. The van der Waals surface area contributed by atoms with Crippen molar-refractivity contribution in [3.63, 3.8) is 0 Å². The molecule has 2 N–H and O–H groups in total. The van der Waals surface area contributed by atoms with Gasteiger partial charge in [-0.15, -0.1) is 5.10 Å². The molecule has 0 radical (unpaired) electrons. The fourth-order valence-electron chi connectivity index (χ4n) is 2.18. The van der Waals surface area contributed by atoms with Crippen LogP contribution < -0.4 is 5.73 Å². The van der Waals surface area contributed by atoms with Gasteiger partial charge in [-0.25, -0.2) is 4.68 Å². The molecule has 1 aromatic heterocycles. The van der Waals surface area contributed by atoms with Gasteiger partial charge in [0.15, 0.2) is 0 Å². The molecule has 1 fully saturated rings. The highest BCUT2D eigenvalue weighted by atomic mass is 15.4. The van der Waals surface area contributed by atoms with Crippen LogP contribution in [-0.4, -0.2) is 21.5 Å². The van der Waals surface area contributed by atoms with Crippen molar-refractivity contribution in [1.29, 1.82) is 0 Å². The number of nitrogens with zero attached hydrogens (tertiary/aromatic N) is 3. The highest BCUT2D eigenvalue weighted by Gasteiger charge is 2.33. The molecule has 0 bridgehead atoms. The van der Waals surface area contributed by atoms with Crippen molar-refractivity contribution in [1.82, 2.24) is 15.0 Å². The number of rotatable bonds is 4. The van der Waals surface area contributed by atoms with E-state index in [1.54, 1.807) is 0 Å². The zero-order chi connectivity index (χ0) is 9.97. The van der Waals surface area contributed by atoms with Gasteiger partial charge in [0.1, 0.15) is 0 Å². The van der Waals surface area contributed by atoms with Gasteiger partial charge in [-0.3, -0.25) is 0 Å². The summed E-state index contributed by atoms with van der Waals surface area (Å²) in [4.78, 5) is 0. The Balaban J connectivity index is 2.11. The molecule has 1 heterocycles. The van der Waals surface area contributed by atoms with E-state index in [1.165, 1.54) is 18.5 Å². The van der Waals surface area contributed by atoms with E-state index < -0.39 is 0 Å². The van der Waals surface area contributed by atoms with Crippen LogP contribution in [0.25, 0.3) is 0 Å². The van der Waals surface area contributed by atoms with Crippen molar-refractivity contribution in [3.05, 3.63) is 11.9 Å². The molecule has 0 spiro atoms. The van der Waals surface area contributed by atoms with Crippen LogP contribution in [0.4, 0.5) is 0 Å². The van der Waals surface area contributed by atoms with Gasteiger partial charge in [0.05, 0.1) is 11.9 Å². The fourth-order valence-corrected chi connectivity index (χ4v) is 2.18. The Bertz CT molecular complexity index is 292. The molecular formula is C10H18N4. The van der Waals surface area contributed by atoms with Gasteiger partial charge < -0.3 is 5.73 Å². The summed E-state index contributed by atoms with van der Waals surface area (Å²) in [6, 6.07) is 0. The Hall–Kier alpha value is -0.900. The lowest BCUT2D eigenvalue weighted by atomic mass is 9.72. The molecule has 78 valence electrons. The van der Waals surface area contributed by atoms with Crippen molar-refractivity contribution in [2.75, 3.05) is 6.54 Å². The van der Waals surface area contributed by atoms with E-state index in [0.717, 1.165) is 19.5 Å². The van der Waals surface area contributed by atoms with E-state index in [2.05, 4.69) is 17.2 Å². The van der Waals surface area contributed by atoms with Gasteiger partial charge in [0, 0.05) is 12.5 Å². The van der Waals surface area contributed by atoms with E-state index in [9.17, 15) is 0 Å². The molecular weight excluding hydrogens is 176 g/mol. The first-order valence-corrected chi connectivity index (χ1v) is 5.45. The first-order valence-electron chi connectivity index (χ1n) is 5.45. The first kappa shape index (κ1) is 9.65. The van der Waals surface area contributed by atoms with Crippen LogP contribution in [0.3, 0.4) is 0 Å². The molecule has 1 saturated carbocycles. The van der Waals surface area contributed by atoms with Crippen LogP contribution in [0.2, 0.25) is 0 Å². The summed E-state index contributed by atoms with van der Waals surface area (Å²) in [7, 11) is 0. The summed E-state index contributed by atoms with van der Waals surface area (Å²) in [6.07, 6.45) is 5.52. The van der Waals surface area contributed by atoms with Crippen molar-refractivity contribution >= 4 is 0 Å². The Labute approximate surface area is 84.5 Å². The molecule has 0 aromatic carbocycles. The van der Waals surface area contributed by atoms with E-state index in [0.29, 0.717) is 11.8 Å². The normalized spacial score (nSPS) is 26.1. The zero-order valence-corrected chi connectivity index (χ0v) is 8.69. The number of aryl methyl sites for hydroxylation is 1. The van der Waals surface area contributed by atoms with Gasteiger partial charge in [-0.2, -0.15) is 0 Å². The van der Waals surface area contributed by atoms with Crippen molar-refractivity contribution in [2.24, 2.45) is 11.7 Å². The minimum Gasteiger partial charge on any atom is -0.330 e. The molecule has 1 aliphatic rings. The van der Waals surface area contributed by atoms with Crippen LogP contribution in [0.1, 0.15) is 37.8 Å². The molecule has 0 saturated heterocycles. The molecule has 2 atom stereocenters. The van der Waals surface area contributed by atoms with Crippen molar-refractivity contribution in [2.45, 2.75) is 38.6 Å². The molecule has 14 heavy (non-hydrogen) atoms. The Morgan fingerprint density at radius 3 is 3.00 bits per heavy atom. The van der Waals surface area contributed by atoms with E-state index in [4.69, 9.17) is 5.73 Å². The molecule has 4 heteroatoms. The minimum atomic E-state index is 0.613. The van der Waals surface area contributed by atoms with Crippen LogP contribution in [-0.2, 0) is 6.54 Å². The third kappa shape index (κ3) is 1.54. The Morgan fingerprint density at radius 1 is 1.57 bits per heavy atom. The number of aromatic nitrogens is 3. The van der Waals surface area contributed by atoms with E-state index in [1.807, 2.05) is 10.9 Å². The lowest BCUT2D eigenvalue weighted by Crippen LogP contribution is -2.32. The van der Waals surface area contributed by atoms with E-state index in [-0.39, 0.29) is 0 Å². The van der Waals surface area contributed by atoms with E-state index >= 15 is 0 Å². The summed E-state index contributed by atoms with van der Waals surface area (Å²) < 4.78 is 2.03. The maximum absolute atomic E-state index is 5.70. The predicted molar refractivity (Wildman–Crippen MR) is 54.8 cm³/mol. The number of nitrogens with two attached hydrogens (primary N) is 1. The summed E-state index contributed by atoms with van der Waals surface area (Å²) in [5.74, 6) is 1.27. The predicted octanol–water partition coefficient (Wildman–Crippen LogP) is 1.14. The molecule has 4 nitrogen and oxygen atoms in total. The highest BCUT2D eigenvalue weighted by molar-refractivity contribution is 5.10. The fraction of sp³-hybridized carbons (Fsp3) is 0.800. The van der Waals surface area contributed by atoms with Crippen molar-refractivity contribution < 1.29 is 0 Å². The SMILES string of the molecule is CCCn1nncc1C1CCC1CN. The standard InChI is InChI=1S/C10H18N4/c1-2-5-14-10(7-12-13-14)9-4-3-8(9)6-11/h7-9H,2-6,11H2,1H3. The summed E-state index contributed by atoms with van der Waals surface area (Å²) >= 11 is 0. The number of hydrogen-bond acceptors (Lipinski definition) is 3. The Morgan fingerprint density at radius 2 is 2.43 bits per heavy atom. The summed E-state index contributed by atoms with van der Waals surface area (Å²) in [6.45, 7) is 3.93. The molecule has 2 unspecified atom stereocenters. The molecule has 0 amide bonds. The summed E-state index contributed by atoms with van der Waals surface area (Å²) in [5, 5.41) is 8.09. The lowest BCUT2D eigenvalue weighted by molar-refractivity contribution is 0.249. The quantitative estimate of drug-likeness (QED) is 0.782. The van der Waals surface area contributed by atoms with Gasteiger partial charge in [0.25, 0.3) is 0 Å².